The summed E-state index contributed by atoms with van der Waals surface area (Å²) in [7, 11) is 0. The zero-order chi connectivity index (χ0) is 19.9. The highest BCUT2D eigenvalue weighted by atomic mass is 35.5. The molecule has 0 fully saturated rings. The van der Waals surface area contributed by atoms with E-state index in [2.05, 4.69) is 5.10 Å². The summed E-state index contributed by atoms with van der Waals surface area (Å²) in [5.41, 5.74) is 4.40. The van der Waals surface area contributed by atoms with Crippen LogP contribution in [0, 0.1) is 0 Å². The van der Waals surface area contributed by atoms with Gasteiger partial charge in [-0.2, -0.15) is 0 Å². The van der Waals surface area contributed by atoms with Crippen LogP contribution in [0.3, 0.4) is 0 Å². The van der Waals surface area contributed by atoms with Crippen molar-refractivity contribution >= 4 is 28.9 Å². The van der Waals surface area contributed by atoms with E-state index in [1.165, 1.54) is 12.1 Å². The number of aromatic nitrogens is 2. The zero-order valence-electron chi connectivity index (χ0n) is 15.9. The molecule has 0 atom stereocenters. The quantitative estimate of drug-likeness (QED) is 0.847. The van der Waals surface area contributed by atoms with Gasteiger partial charge in [-0.3, -0.25) is 4.79 Å². The number of hydrogen-bond donors (Lipinski definition) is 2. The van der Waals surface area contributed by atoms with Gasteiger partial charge in [-0.25, -0.2) is 5.10 Å². The smallest absolute Gasteiger partial charge is 0.267 e. The molecule has 0 aliphatic rings. The van der Waals surface area contributed by atoms with E-state index in [4.69, 9.17) is 41.9 Å². The number of benzene rings is 1. The van der Waals surface area contributed by atoms with E-state index in [9.17, 15) is 4.79 Å². The third-order valence-corrected chi connectivity index (χ3v) is 2.91. The summed E-state index contributed by atoms with van der Waals surface area (Å²) >= 11 is 12.0. The minimum atomic E-state index is -2.95. The lowest BCUT2D eigenvalue weighted by Gasteiger charge is -2.10. The predicted octanol–water partition coefficient (Wildman–Crippen LogP) is 3.57. The summed E-state index contributed by atoms with van der Waals surface area (Å²) in [5.74, 6) is -2.35. The van der Waals surface area contributed by atoms with Crippen LogP contribution in [0.1, 0.15) is 33.4 Å². The molecule has 5 nitrogen and oxygen atoms in total. The predicted molar refractivity (Wildman–Crippen MR) is 79.9 cm³/mol. The number of halogens is 2. The first-order chi connectivity index (χ1) is 11.8. The monoisotopic (exact) mass is 319 g/mol. The lowest BCUT2D eigenvalue weighted by molar-refractivity contribution is 0.452. The number of rotatable bonds is 3. The first-order valence-corrected chi connectivity index (χ1v) is 6.08. The largest absolute Gasteiger partial charge is 0.434 e. The molecular formula is C13H13Cl2N3O2. The van der Waals surface area contributed by atoms with Crippen molar-refractivity contribution < 1.29 is 13.0 Å². The van der Waals surface area contributed by atoms with E-state index in [0.717, 1.165) is 6.07 Å². The highest BCUT2D eigenvalue weighted by Gasteiger charge is 2.13. The van der Waals surface area contributed by atoms with Crippen LogP contribution in [0.15, 0.2) is 23.0 Å². The first-order valence-electron chi connectivity index (χ1n) is 8.32. The lowest BCUT2D eigenvalue weighted by atomic mass is 10.1. The molecule has 0 saturated heterocycles. The molecule has 0 bridgehead atoms. The van der Waals surface area contributed by atoms with E-state index >= 15 is 0 Å². The maximum absolute atomic E-state index is 12.0. The van der Waals surface area contributed by atoms with Crippen LogP contribution in [0.2, 0.25) is 10.0 Å². The average Bonchev–Trinajstić information content (AvgIpc) is 2.43. The Morgan fingerprint density at radius 3 is 2.60 bits per heavy atom. The highest BCUT2D eigenvalue weighted by molar-refractivity contribution is 6.37. The van der Waals surface area contributed by atoms with E-state index in [1.807, 2.05) is 5.10 Å². The van der Waals surface area contributed by atoms with Gasteiger partial charge in [-0.05, 0) is 18.1 Å². The Labute approximate surface area is 134 Å². The number of nitrogens with one attached hydrogen (secondary N) is 1. The van der Waals surface area contributed by atoms with E-state index < -0.39 is 30.7 Å². The van der Waals surface area contributed by atoms with Crippen LogP contribution in [0.4, 0.5) is 5.69 Å². The molecule has 0 aliphatic heterocycles. The van der Waals surface area contributed by atoms with Crippen molar-refractivity contribution in [1.29, 1.82) is 0 Å². The number of ether oxygens (including phenoxy) is 1. The molecule has 106 valence electrons. The number of nitrogens with zero attached hydrogens (tertiary/aromatic N) is 1. The van der Waals surface area contributed by atoms with E-state index in [1.54, 1.807) is 0 Å². The van der Waals surface area contributed by atoms with Crippen molar-refractivity contribution in [2.45, 2.75) is 19.6 Å². The van der Waals surface area contributed by atoms with Gasteiger partial charge in [-0.1, -0.05) is 36.9 Å². The molecule has 0 unspecified atom stereocenters. The van der Waals surface area contributed by atoms with Crippen molar-refractivity contribution in [1.82, 2.24) is 10.2 Å². The molecule has 1 aromatic carbocycles. The Morgan fingerprint density at radius 2 is 2.00 bits per heavy atom. The maximum atomic E-state index is 12.0. The minimum absolute atomic E-state index is 0.0349. The molecule has 0 spiro atoms. The minimum Gasteiger partial charge on any atom is -0.434 e. The fourth-order valence-corrected chi connectivity index (χ4v) is 2.03. The second-order valence-corrected chi connectivity index (χ2v) is 4.65. The SMILES string of the molecule is [2H]C([2H])([2H])C(c1cc(Oc2c(Cl)cc(N)cc2Cl)n[nH]c1=O)C([2H])([2H])[2H]. The molecule has 20 heavy (non-hydrogen) atoms. The van der Waals surface area contributed by atoms with Crippen molar-refractivity contribution in [2.75, 3.05) is 5.73 Å². The normalized spacial score (nSPS) is 16.6. The van der Waals surface area contributed by atoms with Gasteiger partial charge in [-0.15, -0.1) is 5.10 Å². The van der Waals surface area contributed by atoms with Crippen LogP contribution in [0.5, 0.6) is 11.6 Å². The Hall–Kier alpha value is -1.72. The van der Waals surface area contributed by atoms with Crippen LogP contribution in [0.25, 0.3) is 0 Å². The van der Waals surface area contributed by atoms with Gasteiger partial charge in [0.1, 0.15) is 0 Å². The van der Waals surface area contributed by atoms with Crippen molar-refractivity contribution in [3.05, 3.63) is 44.2 Å². The molecule has 0 amide bonds. The van der Waals surface area contributed by atoms with Gasteiger partial charge in [0.25, 0.3) is 5.56 Å². The standard InChI is InChI=1S/C13H13Cl2N3O2/c1-6(2)8-5-11(17-18-13(8)19)20-12-9(14)3-7(16)4-10(12)15/h3-6H,16H2,1-2H3,(H,18,19)/i1D3,2D3. The second-order valence-electron chi connectivity index (χ2n) is 3.84. The third kappa shape index (κ3) is 3.05. The van der Waals surface area contributed by atoms with Crippen LogP contribution >= 0.6 is 23.2 Å². The summed E-state index contributed by atoms with van der Waals surface area (Å²) in [6, 6.07) is 3.66. The van der Waals surface area contributed by atoms with Crippen LogP contribution < -0.4 is 16.0 Å². The van der Waals surface area contributed by atoms with Gasteiger partial charge < -0.3 is 10.5 Å². The molecule has 2 aromatic rings. The van der Waals surface area contributed by atoms with Gasteiger partial charge in [0, 0.05) is 25.5 Å². The van der Waals surface area contributed by atoms with E-state index in [0.29, 0.717) is 0 Å². The van der Waals surface area contributed by atoms with Gasteiger partial charge in [0.15, 0.2) is 5.75 Å². The van der Waals surface area contributed by atoms with Crippen LogP contribution in [-0.2, 0) is 0 Å². The second kappa shape index (κ2) is 5.73. The van der Waals surface area contributed by atoms with Crippen molar-refractivity contribution in [3.8, 4) is 11.6 Å². The van der Waals surface area contributed by atoms with Gasteiger partial charge >= 0.3 is 0 Å². The van der Waals surface area contributed by atoms with Crippen LogP contribution in [-0.4, -0.2) is 10.2 Å². The molecule has 0 saturated carbocycles. The Bertz CT molecular complexity index is 844. The summed E-state index contributed by atoms with van der Waals surface area (Å²) in [6.45, 7) is -5.90. The molecule has 7 heteroatoms. The fraction of sp³-hybridized carbons (Fsp3) is 0.231. The summed E-state index contributed by atoms with van der Waals surface area (Å²) in [6.07, 6.45) is 0. The lowest BCUT2D eigenvalue weighted by Crippen LogP contribution is -2.15. The fourth-order valence-electron chi connectivity index (χ4n) is 1.45. The number of aromatic amines is 1. The number of hydrogen-bond acceptors (Lipinski definition) is 4. The molecule has 1 aromatic heterocycles. The molecule has 0 radical (unpaired) electrons. The number of nitrogen functional groups attached to an aromatic ring is 1. The Kier molecular flexibility index (Phi) is 2.45. The Morgan fingerprint density at radius 1 is 1.35 bits per heavy atom. The third-order valence-electron chi connectivity index (χ3n) is 2.35. The number of nitrogens with two attached hydrogens (primary N) is 1. The summed E-state index contributed by atoms with van der Waals surface area (Å²) in [5, 5.41) is 5.73. The molecular weight excluding hydrogens is 301 g/mol. The maximum Gasteiger partial charge on any atom is 0.267 e. The van der Waals surface area contributed by atoms with E-state index in [-0.39, 0.29) is 27.4 Å². The molecule has 0 aliphatic carbocycles. The van der Waals surface area contributed by atoms with Crippen molar-refractivity contribution in [2.24, 2.45) is 0 Å². The summed E-state index contributed by atoms with van der Waals surface area (Å²) in [4.78, 5) is 12.0. The molecule has 2 rings (SSSR count). The zero-order valence-corrected chi connectivity index (χ0v) is 11.4. The number of H-pyrrole nitrogens is 1. The number of anilines is 1. The molecule has 1 heterocycles. The molecule has 3 N–H and O–H groups in total. The Balaban J connectivity index is 2.53. The highest BCUT2D eigenvalue weighted by Crippen LogP contribution is 2.37. The topological polar surface area (TPSA) is 81.0 Å². The average molecular weight is 320 g/mol. The summed E-state index contributed by atoms with van der Waals surface area (Å²) < 4.78 is 50.2. The van der Waals surface area contributed by atoms with Crippen molar-refractivity contribution in [3.63, 3.8) is 0 Å². The first kappa shape index (κ1) is 8.54. The van der Waals surface area contributed by atoms with Gasteiger partial charge in [0.2, 0.25) is 5.88 Å². The van der Waals surface area contributed by atoms with Gasteiger partial charge in [0.05, 0.1) is 10.0 Å².